The third kappa shape index (κ3) is 11.2. The molecule has 6 aliphatic rings. The molecule has 11 heteroatoms. The SMILES string of the molecule is CC(C)(C1CCC(OC2CCC(NOCC3CCCCC3C(=O)O)CC2)CC1)C1CCC(OC2CCC(NC(=O)C3CCC(O)CC3C(=O)O)CC2)CC1. The Hall–Kier alpha value is -1.79. The van der Waals surface area contributed by atoms with Crippen LogP contribution in [0, 0.1) is 40.9 Å². The zero-order valence-corrected chi connectivity index (χ0v) is 33.3. The number of aliphatic carboxylic acids is 2. The molecule has 0 radical (unpaired) electrons. The molecule has 1 amide bonds. The molecule has 308 valence electrons. The first-order chi connectivity index (χ1) is 26.0. The number of aliphatic hydroxyl groups excluding tert-OH is 1. The van der Waals surface area contributed by atoms with Crippen LogP contribution in [0.25, 0.3) is 0 Å². The first-order valence-corrected chi connectivity index (χ1v) is 22.1. The van der Waals surface area contributed by atoms with Crippen LogP contribution in [0.3, 0.4) is 0 Å². The van der Waals surface area contributed by atoms with Crippen LogP contribution in [0.15, 0.2) is 0 Å². The minimum absolute atomic E-state index is 0.0711. The molecule has 0 aromatic heterocycles. The highest BCUT2D eigenvalue weighted by molar-refractivity contribution is 5.85. The Balaban J connectivity index is 0.826. The normalized spacial score (nSPS) is 39.7. The van der Waals surface area contributed by atoms with Crippen molar-refractivity contribution in [3.8, 4) is 0 Å². The summed E-state index contributed by atoms with van der Waals surface area (Å²) >= 11 is 0. The van der Waals surface area contributed by atoms with Crippen LogP contribution in [-0.4, -0.2) is 82.4 Å². The molecule has 6 aliphatic carbocycles. The summed E-state index contributed by atoms with van der Waals surface area (Å²) in [5.74, 6) is -1.89. The highest BCUT2D eigenvalue weighted by Gasteiger charge is 2.43. The minimum atomic E-state index is -0.988. The van der Waals surface area contributed by atoms with Gasteiger partial charge in [-0.05, 0) is 158 Å². The molecule has 0 heterocycles. The summed E-state index contributed by atoms with van der Waals surface area (Å²) in [7, 11) is 0. The van der Waals surface area contributed by atoms with Crippen molar-refractivity contribution in [1.29, 1.82) is 0 Å². The third-order valence-electron chi connectivity index (χ3n) is 15.2. The zero-order valence-electron chi connectivity index (χ0n) is 33.3. The first kappa shape index (κ1) is 41.8. The van der Waals surface area contributed by atoms with Gasteiger partial charge in [0.2, 0.25) is 5.91 Å². The second kappa shape index (κ2) is 19.6. The Labute approximate surface area is 323 Å². The number of carboxylic acids is 2. The second-order valence-electron chi connectivity index (χ2n) is 18.9. The lowest BCUT2D eigenvalue weighted by molar-refractivity contribution is -0.151. The maximum Gasteiger partial charge on any atom is 0.307 e. The van der Waals surface area contributed by atoms with Gasteiger partial charge in [0.25, 0.3) is 0 Å². The number of carboxylic acid groups (broad SMARTS) is 2. The number of carbonyl (C=O) groups excluding carboxylic acids is 1. The maximum atomic E-state index is 13.0. The van der Waals surface area contributed by atoms with Gasteiger partial charge in [-0.15, -0.1) is 0 Å². The summed E-state index contributed by atoms with van der Waals surface area (Å²) in [5.41, 5.74) is 3.58. The van der Waals surface area contributed by atoms with Gasteiger partial charge in [0.05, 0.1) is 54.9 Å². The fourth-order valence-corrected chi connectivity index (χ4v) is 11.5. The minimum Gasteiger partial charge on any atom is -0.481 e. The Morgan fingerprint density at radius 1 is 0.574 bits per heavy atom. The summed E-state index contributed by atoms with van der Waals surface area (Å²) in [4.78, 5) is 42.2. The van der Waals surface area contributed by atoms with Gasteiger partial charge in [-0.2, -0.15) is 5.48 Å². The topological polar surface area (TPSA) is 164 Å². The van der Waals surface area contributed by atoms with Crippen molar-refractivity contribution in [1.82, 2.24) is 10.8 Å². The molecule has 0 aromatic rings. The van der Waals surface area contributed by atoms with E-state index in [4.69, 9.17) is 14.3 Å². The van der Waals surface area contributed by atoms with Crippen LogP contribution in [0.2, 0.25) is 0 Å². The van der Waals surface area contributed by atoms with E-state index in [9.17, 15) is 29.7 Å². The van der Waals surface area contributed by atoms with Gasteiger partial charge in [0.1, 0.15) is 0 Å². The average Bonchev–Trinajstić information content (AvgIpc) is 3.17. The number of rotatable bonds is 14. The highest BCUT2D eigenvalue weighted by Crippen LogP contribution is 2.49. The maximum absolute atomic E-state index is 13.0. The lowest BCUT2D eigenvalue weighted by Crippen LogP contribution is -2.47. The molecule has 0 spiro atoms. The van der Waals surface area contributed by atoms with Gasteiger partial charge in [0, 0.05) is 12.1 Å². The number of carbonyl (C=O) groups is 3. The van der Waals surface area contributed by atoms with Gasteiger partial charge < -0.3 is 34.9 Å². The zero-order chi connectivity index (χ0) is 38.2. The summed E-state index contributed by atoms with van der Waals surface area (Å²) in [6.45, 7) is 5.52. The van der Waals surface area contributed by atoms with Crippen molar-refractivity contribution in [2.45, 2.75) is 204 Å². The molecule has 6 fully saturated rings. The Kier molecular flexibility index (Phi) is 15.2. The molecular formula is C43H72N2O9. The third-order valence-corrected chi connectivity index (χ3v) is 15.2. The van der Waals surface area contributed by atoms with Gasteiger partial charge in [-0.3, -0.25) is 14.4 Å². The number of hydroxylamine groups is 1. The second-order valence-corrected chi connectivity index (χ2v) is 18.9. The summed E-state index contributed by atoms with van der Waals surface area (Å²) in [6, 6.07) is 0.394. The quantitative estimate of drug-likeness (QED) is 0.115. The van der Waals surface area contributed by atoms with Gasteiger partial charge in [-0.1, -0.05) is 26.7 Å². The van der Waals surface area contributed by atoms with Crippen LogP contribution < -0.4 is 10.8 Å². The molecule has 0 bridgehead atoms. The Bertz CT molecular complexity index is 1200. The molecule has 5 unspecified atom stereocenters. The van der Waals surface area contributed by atoms with E-state index in [2.05, 4.69) is 24.6 Å². The van der Waals surface area contributed by atoms with E-state index in [1.165, 1.54) is 25.7 Å². The molecule has 54 heavy (non-hydrogen) atoms. The van der Waals surface area contributed by atoms with Crippen molar-refractivity contribution < 1.29 is 44.0 Å². The standard InChI is InChI=1S/C43H72N2O9/c1-43(2,29-9-18-34(19-10-29)54-36-22-13-31(14-23-36)45-52-26-27-5-3-4-6-37(27)41(48)49)28-7-16-33(17-8-28)53-35-20-11-30(12-21-35)44-40(47)38-24-15-32(46)25-39(38)42(50)51/h27-39,45-46H,3-26H2,1-2H3,(H,44,47)(H,48,49)(H,50,51). The Morgan fingerprint density at radius 3 is 1.57 bits per heavy atom. The lowest BCUT2D eigenvalue weighted by atomic mass is 9.60. The van der Waals surface area contributed by atoms with Crippen LogP contribution in [0.5, 0.6) is 0 Å². The van der Waals surface area contributed by atoms with Gasteiger partial charge in [-0.25, -0.2) is 0 Å². The molecule has 5 atom stereocenters. The number of aliphatic hydroxyl groups is 1. The van der Waals surface area contributed by atoms with E-state index >= 15 is 0 Å². The number of nitrogens with one attached hydrogen (secondary N) is 2. The van der Waals surface area contributed by atoms with E-state index in [0.717, 1.165) is 115 Å². The summed E-state index contributed by atoms with van der Waals surface area (Å²) in [5, 5.41) is 32.2. The van der Waals surface area contributed by atoms with Crippen molar-refractivity contribution in [3.05, 3.63) is 0 Å². The highest BCUT2D eigenvalue weighted by atomic mass is 16.6. The molecule has 5 N–H and O–H groups in total. The summed E-state index contributed by atoms with van der Waals surface area (Å²) < 4.78 is 13.3. The smallest absolute Gasteiger partial charge is 0.307 e. The lowest BCUT2D eigenvalue weighted by Gasteiger charge is -2.47. The van der Waals surface area contributed by atoms with E-state index in [1.54, 1.807) is 0 Å². The largest absolute Gasteiger partial charge is 0.481 e. The predicted molar refractivity (Wildman–Crippen MR) is 204 cm³/mol. The summed E-state index contributed by atoms with van der Waals surface area (Å²) in [6.07, 6.45) is 22.8. The first-order valence-electron chi connectivity index (χ1n) is 22.1. The number of amides is 1. The van der Waals surface area contributed by atoms with Crippen LogP contribution >= 0.6 is 0 Å². The van der Waals surface area contributed by atoms with E-state index in [0.29, 0.717) is 49.2 Å². The molecule has 11 nitrogen and oxygen atoms in total. The Morgan fingerprint density at radius 2 is 1.06 bits per heavy atom. The molecule has 6 saturated carbocycles. The molecule has 0 aliphatic heterocycles. The van der Waals surface area contributed by atoms with Crippen molar-refractivity contribution in [2.24, 2.45) is 40.9 Å². The number of hydrogen-bond donors (Lipinski definition) is 5. The molecule has 0 aromatic carbocycles. The van der Waals surface area contributed by atoms with Crippen molar-refractivity contribution in [2.75, 3.05) is 6.61 Å². The van der Waals surface area contributed by atoms with E-state index in [-0.39, 0.29) is 36.3 Å². The van der Waals surface area contributed by atoms with Crippen LogP contribution in [-0.2, 0) is 28.7 Å². The molecule has 0 saturated heterocycles. The molecule has 6 rings (SSSR count). The fourth-order valence-electron chi connectivity index (χ4n) is 11.5. The fraction of sp³-hybridized carbons (Fsp3) is 0.930. The van der Waals surface area contributed by atoms with E-state index in [1.807, 2.05) is 0 Å². The van der Waals surface area contributed by atoms with Gasteiger partial charge >= 0.3 is 11.9 Å². The molecular weight excluding hydrogens is 688 g/mol. The van der Waals surface area contributed by atoms with E-state index < -0.39 is 29.9 Å². The van der Waals surface area contributed by atoms with Crippen LogP contribution in [0.1, 0.15) is 162 Å². The van der Waals surface area contributed by atoms with Crippen molar-refractivity contribution in [3.63, 3.8) is 0 Å². The number of hydrogen-bond acceptors (Lipinski definition) is 8. The van der Waals surface area contributed by atoms with Gasteiger partial charge in [0.15, 0.2) is 0 Å². The monoisotopic (exact) mass is 761 g/mol. The average molecular weight is 761 g/mol. The van der Waals surface area contributed by atoms with Crippen molar-refractivity contribution >= 4 is 17.8 Å². The van der Waals surface area contributed by atoms with Crippen LogP contribution in [0.4, 0.5) is 0 Å². The number of ether oxygens (including phenoxy) is 2. The predicted octanol–water partition coefficient (Wildman–Crippen LogP) is 7.18.